The van der Waals surface area contributed by atoms with Gasteiger partial charge in [-0.05, 0) is 67.1 Å². The first-order valence-electron chi connectivity index (χ1n) is 8.48. The molecular formula is C18H28N2O. The van der Waals surface area contributed by atoms with Gasteiger partial charge in [0.25, 0.3) is 0 Å². The Kier molecular flexibility index (Phi) is 3.35. The Morgan fingerprint density at radius 1 is 1.24 bits per heavy atom. The van der Waals surface area contributed by atoms with Crippen molar-refractivity contribution in [2.45, 2.75) is 78.2 Å². The minimum Gasteiger partial charge on any atom is -0.340 e. The Balaban J connectivity index is 1.73. The zero-order valence-corrected chi connectivity index (χ0v) is 13.7. The van der Waals surface area contributed by atoms with Crippen LogP contribution in [0.1, 0.15) is 72.1 Å². The van der Waals surface area contributed by atoms with Gasteiger partial charge in [-0.2, -0.15) is 5.26 Å². The van der Waals surface area contributed by atoms with Crippen molar-refractivity contribution >= 4 is 5.91 Å². The van der Waals surface area contributed by atoms with Gasteiger partial charge in [0.15, 0.2) is 0 Å². The molecule has 3 heteroatoms. The van der Waals surface area contributed by atoms with E-state index in [1.165, 1.54) is 38.5 Å². The average Bonchev–Trinajstić information content (AvgIpc) is 2.30. The van der Waals surface area contributed by atoms with Crippen LogP contribution in [-0.4, -0.2) is 11.9 Å². The van der Waals surface area contributed by atoms with Crippen LogP contribution >= 0.6 is 0 Å². The molecule has 0 heterocycles. The van der Waals surface area contributed by atoms with Crippen LogP contribution in [0.25, 0.3) is 0 Å². The van der Waals surface area contributed by atoms with E-state index in [1.54, 1.807) is 0 Å². The van der Waals surface area contributed by atoms with E-state index in [2.05, 4.69) is 25.2 Å². The number of carbonyl (C=O) groups excluding carboxylic acids is 1. The predicted molar refractivity (Wildman–Crippen MR) is 82.3 cm³/mol. The molecule has 1 amide bonds. The summed E-state index contributed by atoms with van der Waals surface area (Å²) in [5.41, 5.74) is 1.11. The molecule has 3 nitrogen and oxygen atoms in total. The molecule has 21 heavy (non-hydrogen) atoms. The third kappa shape index (κ3) is 2.70. The molecule has 0 aromatic rings. The normalized spacial score (nSPS) is 45.1. The standard InChI is InChI=1S/C18H28N2O/c1-4-14(9-19)20-15(21)8-18-7-13-5-16(2,11-18)10-17(3,6-13)12-18/h13-14H,4-8,10-12H2,1-3H3,(H,20,21). The SMILES string of the molecule is CCC(C#N)NC(=O)CC12CC3CC(C)(CC(C)(C3)C1)C2. The highest BCUT2D eigenvalue weighted by atomic mass is 16.1. The number of carbonyl (C=O) groups is 1. The van der Waals surface area contributed by atoms with Gasteiger partial charge >= 0.3 is 0 Å². The Morgan fingerprint density at radius 3 is 2.33 bits per heavy atom. The summed E-state index contributed by atoms with van der Waals surface area (Å²) in [6.45, 7) is 6.82. The second-order valence-electron chi connectivity index (χ2n) is 8.96. The van der Waals surface area contributed by atoms with Crippen LogP contribution in [0.2, 0.25) is 0 Å². The predicted octanol–water partition coefficient (Wildman–Crippen LogP) is 3.79. The van der Waals surface area contributed by atoms with Crippen molar-refractivity contribution in [3.05, 3.63) is 0 Å². The highest BCUT2D eigenvalue weighted by Gasteiger charge is 2.60. The van der Waals surface area contributed by atoms with Crippen molar-refractivity contribution in [3.8, 4) is 6.07 Å². The van der Waals surface area contributed by atoms with Gasteiger partial charge in [0.1, 0.15) is 6.04 Å². The van der Waals surface area contributed by atoms with E-state index in [-0.39, 0.29) is 17.4 Å². The third-order valence-corrected chi connectivity index (χ3v) is 6.18. The highest BCUT2D eigenvalue weighted by molar-refractivity contribution is 5.77. The van der Waals surface area contributed by atoms with Gasteiger partial charge in [0.05, 0.1) is 6.07 Å². The lowest BCUT2D eigenvalue weighted by Gasteiger charge is -2.65. The van der Waals surface area contributed by atoms with Crippen LogP contribution in [0.5, 0.6) is 0 Å². The molecule has 0 radical (unpaired) electrons. The number of hydrogen-bond donors (Lipinski definition) is 1. The minimum absolute atomic E-state index is 0.0950. The van der Waals surface area contributed by atoms with Crippen LogP contribution in [0.3, 0.4) is 0 Å². The van der Waals surface area contributed by atoms with Gasteiger partial charge in [-0.25, -0.2) is 0 Å². The van der Waals surface area contributed by atoms with Crippen molar-refractivity contribution in [1.82, 2.24) is 5.32 Å². The molecule has 1 N–H and O–H groups in total. The topological polar surface area (TPSA) is 52.9 Å². The molecule has 4 aliphatic carbocycles. The van der Waals surface area contributed by atoms with E-state index in [1.807, 2.05) is 6.92 Å². The second-order valence-corrected chi connectivity index (χ2v) is 8.96. The fourth-order valence-electron chi connectivity index (χ4n) is 6.69. The Bertz CT molecular complexity index is 474. The third-order valence-electron chi connectivity index (χ3n) is 6.18. The summed E-state index contributed by atoms with van der Waals surface area (Å²) >= 11 is 0. The van der Waals surface area contributed by atoms with Crippen LogP contribution in [0.15, 0.2) is 0 Å². The molecule has 4 rings (SSSR count). The summed E-state index contributed by atoms with van der Waals surface area (Å²) in [6.07, 6.45) is 9.04. The number of nitriles is 1. The molecule has 3 atom stereocenters. The molecule has 3 unspecified atom stereocenters. The minimum atomic E-state index is -0.322. The van der Waals surface area contributed by atoms with Crippen molar-refractivity contribution in [3.63, 3.8) is 0 Å². The molecule has 0 saturated heterocycles. The molecule has 4 bridgehead atoms. The van der Waals surface area contributed by atoms with Crippen LogP contribution < -0.4 is 5.32 Å². The van der Waals surface area contributed by atoms with Gasteiger partial charge in [-0.1, -0.05) is 20.8 Å². The van der Waals surface area contributed by atoms with Crippen molar-refractivity contribution < 1.29 is 4.79 Å². The van der Waals surface area contributed by atoms with E-state index >= 15 is 0 Å². The summed E-state index contributed by atoms with van der Waals surface area (Å²) in [5, 5.41) is 11.9. The Hall–Kier alpha value is -1.04. The van der Waals surface area contributed by atoms with E-state index < -0.39 is 0 Å². The maximum absolute atomic E-state index is 12.4. The maximum Gasteiger partial charge on any atom is 0.221 e. The molecule has 4 fully saturated rings. The molecule has 4 aliphatic rings. The first-order valence-corrected chi connectivity index (χ1v) is 8.48. The average molecular weight is 288 g/mol. The maximum atomic E-state index is 12.4. The van der Waals surface area contributed by atoms with Crippen molar-refractivity contribution in [1.29, 1.82) is 5.26 Å². The molecular weight excluding hydrogens is 260 g/mol. The number of nitrogens with zero attached hydrogens (tertiary/aromatic N) is 1. The summed E-state index contributed by atoms with van der Waals surface area (Å²) in [6, 6.07) is 1.85. The van der Waals surface area contributed by atoms with Gasteiger partial charge in [-0.3, -0.25) is 4.79 Å². The highest BCUT2D eigenvalue weighted by Crippen LogP contribution is 2.70. The zero-order valence-electron chi connectivity index (χ0n) is 13.7. The lowest BCUT2D eigenvalue weighted by atomic mass is 9.40. The lowest BCUT2D eigenvalue weighted by molar-refractivity contribution is -0.156. The van der Waals surface area contributed by atoms with E-state index in [0.29, 0.717) is 23.7 Å². The van der Waals surface area contributed by atoms with Gasteiger partial charge in [0.2, 0.25) is 5.91 Å². The Morgan fingerprint density at radius 2 is 1.86 bits per heavy atom. The monoisotopic (exact) mass is 288 g/mol. The van der Waals surface area contributed by atoms with Crippen LogP contribution in [0, 0.1) is 33.5 Å². The van der Waals surface area contributed by atoms with Gasteiger partial charge in [0, 0.05) is 6.42 Å². The van der Waals surface area contributed by atoms with Gasteiger partial charge in [-0.15, -0.1) is 0 Å². The summed E-state index contributed by atoms with van der Waals surface area (Å²) in [7, 11) is 0. The summed E-state index contributed by atoms with van der Waals surface area (Å²) in [4.78, 5) is 12.4. The number of amides is 1. The molecule has 0 aliphatic heterocycles. The molecule has 116 valence electrons. The quantitative estimate of drug-likeness (QED) is 0.855. The van der Waals surface area contributed by atoms with Crippen molar-refractivity contribution in [2.75, 3.05) is 0 Å². The first kappa shape index (κ1) is 14.9. The van der Waals surface area contributed by atoms with Crippen LogP contribution in [0.4, 0.5) is 0 Å². The van der Waals surface area contributed by atoms with Crippen LogP contribution in [-0.2, 0) is 4.79 Å². The molecule has 0 aromatic carbocycles. The first-order chi connectivity index (χ1) is 9.79. The molecule has 4 saturated carbocycles. The largest absolute Gasteiger partial charge is 0.340 e. The fourth-order valence-corrected chi connectivity index (χ4v) is 6.69. The van der Waals surface area contributed by atoms with E-state index in [0.717, 1.165) is 5.92 Å². The number of hydrogen-bond acceptors (Lipinski definition) is 2. The lowest BCUT2D eigenvalue weighted by Crippen LogP contribution is -2.56. The fraction of sp³-hybridized carbons (Fsp3) is 0.889. The van der Waals surface area contributed by atoms with E-state index in [4.69, 9.17) is 5.26 Å². The Labute approximate surface area is 128 Å². The number of rotatable bonds is 4. The summed E-state index contributed by atoms with van der Waals surface area (Å²) < 4.78 is 0. The zero-order chi connectivity index (χ0) is 15.3. The molecule has 0 aromatic heterocycles. The summed E-state index contributed by atoms with van der Waals surface area (Å²) in [5.74, 6) is 0.916. The van der Waals surface area contributed by atoms with Crippen molar-refractivity contribution in [2.24, 2.45) is 22.2 Å². The smallest absolute Gasteiger partial charge is 0.221 e. The van der Waals surface area contributed by atoms with E-state index in [9.17, 15) is 4.79 Å². The molecule has 0 spiro atoms. The van der Waals surface area contributed by atoms with Gasteiger partial charge < -0.3 is 5.32 Å². The second kappa shape index (κ2) is 4.73. The number of nitrogens with one attached hydrogen (secondary N) is 1.